The van der Waals surface area contributed by atoms with Gasteiger partial charge in [0.05, 0.1) is 5.60 Å². The Labute approximate surface area is 205 Å². The summed E-state index contributed by atoms with van der Waals surface area (Å²) in [6.45, 7) is 14.0. The third kappa shape index (κ3) is 7.43. The molecule has 0 heterocycles. The summed E-state index contributed by atoms with van der Waals surface area (Å²) in [5.74, 6) is 1.10. The van der Waals surface area contributed by atoms with Crippen molar-refractivity contribution in [3.63, 3.8) is 0 Å². The van der Waals surface area contributed by atoms with E-state index in [-0.39, 0.29) is 17.8 Å². The van der Waals surface area contributed by atoms with Gasteiger partial charge in [-0.3, -0.25) is 4.79 Å². The van der Waals surface area contributed by atoms with Gasteiger partial charge in [-0.05, 0) is 106 Å². The van der Waals surface area contributed by atoms with Crippen LogP contribution in [0.5, 0.6) is 0 Å². The van der Waals surface area contributed by atoms with Crippen molar-refractivity contribution in [2.45, 2.75) is 115 Å². The molecule has 2 saturated carbocycles. The zero-order valence-electron chi connectivity index (χ0n) is 21.6. The first-order chi connectivity index (χ1) is 15.5. The van der Waals surface area contributed by atoms with E-state index >= 15 is 0 Å². The maximum atomic E-state index is 13.6. The number of hydrogen-bond acceptors (Lipinski definition) is 4. The zero-order chi connectivity index (χ0) is 24.8. The van der Waals surface area contributed by atoms with Crippen molar-refractivity contribution in [3.05, 3.63) is 29.6 Å². The third-order valence-corrected chi connectivity index (χ3v) is 8.30. The number of aryl methyl sites for hydroxylation is 1. The van der Waals surface area contributed by atoms with Crippen LogP contribution in [0.25, 0.3) is 0 Å². The van der Waals surface area contributed by atoms with Gasteiger partial charge in [-0.1, -0.05) is 40.5 Å². The quantitative estimate of drug-likeness (QED) is 0.384. The molecule has 2 aliphatic rings. The molecule has 2 bridgehead atoms. The number of benzene rings is 1. The van der Waals surface area contributed by atoms with Crippen molar-refractivity contribution in [2.24, 2.45) is 17.8 Å². The Morgan fingerprint density at radius 3 is 2.58 bits per heavy atom. The lowest BCUT2D eigenvalue weighted by Gasteiger charge is -2.50. The highest BCUT2D eigenvalue weighted by molar-refractivity contribution is 7.97. The number of carbonyl (C=O) groups is 1. The summed E-state index contributed by atoms with van der Waals surface area (Å²) >= 11 is 1.40. The van der Waals surface area contributed by atoms with Gasteiger partial charge >= 0.3 is 0 Å². The van der Waals surface area contributed by atoms with Crippen LogP contribution >= 0.6 is 11.9 Å². The predicted molar refractivity (Wildman–Crippen MR) is 137 cm³/mol. The monoisotopic (exact) mass is 480 g/mol. The Hall–Kier alpha value is -1.11. The lowest BCUT2D eigenvalue weighted by Crippen LogP contribution is -2.59. The number of carbonyl (C=O) groups excluding carboxylic acids is 1. The molecule has 6 heteroatoms. The van der Waals surface area contributed by atoms with Gasteiger partial charge in [-0.2, -0.15) is 0 Å². The summed E-state index contributed by atoms with van der Waals surface area (Å²) < 4.78 is 17.0. The smallest absolute Gasteiger partial charge is 0.240 e. The lowest BCUT2D eigenvalue weighted by atomic mass is 9.60. The molecule has 2 fully saturated rings. The van der Waals surface area contributed by atoms with Crippen molar-refractivity contribution in [1.29, 1.82) is 0 Å². The molecule has 33 heavy (non-hydrogen) atoms. The van der Waals surface area contributed by atoms with Gasteiger partial charge in [0.2, 0.25) is 5.91 Å². The first-order valence-electron chi connectivity index (χ1n) is 12.8. The molecule has 0 saturated heterocycles. The van der Waals surface area contributed by atoms with Crippen molar-refractivity contribution in [2.75, 3.05) is 0 Å². The highest BCUT2D eigenvalue weighted by Gasteiger charge is 2.47. The fourth-order valence-electron chi connectivity index (χ4n) is 5.61. The van der Waals surface area contributed by atoms with Gasteiger partial charge in [-0.25, -0.2) is 9.11 Å². The molecule has 1 aromatic carbocycles. The van der Waals surface area contributed by atoms with Crippen LogP contribution in [0.4, 0.5) is 4.39 Å². The Morgan fingerprint density at radius 2 is 1.94 bits per heavy atom. The third-order valence-electron chi connectivity index (χ3n) is 7.07. The number of fused-ring (bicyclic) bond motifs is 2. The number of nitrogens with one attached hydrogen (secondary N) is 2. The fraction of sp³-hybridized carbons (Fsp3) is 0.741. The first kappa shape index (κ1) is 28.1. The summed E-state index contributed by atoms with van der Waals surface area (Å²) in [6.07, 6.45) is 6.58. The van der Waals surface area contributed by atoms with Crippen molar-refractivity contribution >= 4 is 17.9 Å². The van der Waals surface area contributed by atoms with Gasteiger partial charge in [0.15, 0.2) is 0 Å². The van der Waals surface area contributed by atoms with Gasteiger partial charge in [0.1, 0.15) is 11.4 Å². The minimum Gasteiger partial charge on any atom is -0.390 e. The Kier molecular flexibility index (Phi) is 10.3. The van der Waals surface area contributed by atoms with Gasteiger partial charge < -0.3 is 10.4 Å². The van der Waals surface area contributed by atoms with E-state index in [1.807, 2.05) is 34.6 Å². The van der Waals surface area contributed by atoms with Crippen LogP contribution in [0.1, 0.15) is 92.6 Å². The van der Waals surface area contributed by atoms with Gasteiger partial charge in [0, 0.05) is 10.9 Å². The summed E-state index contributed by atoms with van der Waals surface area (Å²) in [5.41, 5.74) is -0.448. The second-order valence-electron chi connectivity index (χ2n) is 10.5. The molecular formula is C27H45FN2O2S. The molecule has 0 aromatic heterocycles. The molecule has 3 N–H and O–H groups in total. The van der Waals surface area contributed by atoms with Gasteiger partial charge in [-0.15, -0.1) is 0 Å². The van der Waals surface area contributed by atoms with Crippen LogP contribution in [0.15, 0.2) is 23.1 Å². The van der Waals surface area contributed by atoms with E-state index in [2.05, 4.69) is 23.9 Å². The molecule has 4 nitrogen and oxygen atoms in total. The number of hydrogen-bond donors (Lipinski definition) is 3. The van der Waals surface area contributed by atoms with Crippen molar-refractivity contribution < 1.29 is 14.3 Å². The van der Waals surface area contributed by atoms with Crippen LogP contribution in [0.3, 0.4) is 0 Å². The number of rotatable bonds is 8. The normalized spacial score (nSPS) is 29.1. The summed E-state index contributed by atoms with van der Waals surface area (Å²) in [7, 11) is 0. The topological polar surface area (TPSA) is 61.4 Å². The molecule has 5 unspecified atom stereocenters. The Morgan fingerprint density at radius 1 is 1.24 bits per heavy atom. The van der Waals surface area contributed by atoms with E-state index in [9.17, 15) is 14.3 Å². The highest BCUT2D eigenvalue weighted by Crippen LogP contribution is 2.47. The predicted octanol–water partition coefficient (Wildman–Crippen LogP) is 6.26. The fourth-order valence-corrected chi connectivity index (χ4v) is 6.49. The molecule has 0 spiro atoms. The minimum atomic E-state index is -0.783. The number of halogens is 1. The SMILES string of the molecule is CC.CCCc1cc(F)ccc1SNC(C)(C)C(=O)NC1C(CC)CC2CC1CC(C)(O)C2. The summed E-state index contributed by atoms with van der Waals surface area (Å²) in [6, 6.07) is 4.94. The summed E-state index contributed by atoms with van der Waals surface area (Å²) in [5, 5.41) is 14.0. The molecule has 0 aliphatic heterocycles. The number of aliphatic hydroxyl groups is 1. The maximum absolute atomic E-state index is 13.6. The van der Waals surface area contributed by atoms with Crippen LogP contribution < -0.4 is 10.0 Å². The van der Waals surface area contributed by atoms with E-state index < -0.39 is 11.1 Å². The highest BCUT2D eigenvalue weighted by atomic mass is 32.2. The van der Waals surface area contributed by atoms with Crippen LogP contribution in [-0.2, 0) is 11.2 Å². The Balaban J connectivity index is 0.00000187. The molecule has 188 valence electrons. The molecule has 2 aliphatic carbocycles. The molecular weight excluding hydrogens is 435 g/mol. The van der Waals surface area contributed by atoms with Crippen LogP contribution in [-0.4, -0.2) is 28.2 Å². The molecule has 3 rings (SSSR count). The zero-order valence-corrected chi connectivity index (χ0v) is 22.4. The van der Waals surface area contributed by atoms with Crippen LogP contribution in [0, 0.1) is 23.6 Å². The molecule has 1 aromatic rings. The largest absolute Gasteiger partial charge is 0.390 e. The second kappa shape index (κ2) is 12.0. The average molecular weight is 481 g/mol. The van der Waals surface area contributed by atoms with E-state index in [0.717, 1.165) is 55.4 Å². The molecule has 0 radical (unpaired) electrons. The standard InChI is InChI=1S/C25H39FN2O2S.C2H6/c1-6-8-18-13-20(26)9-10-21(18)31-28-24(3,4)23(29)27-22-17(7-2)11-16-12-19(22)15-25(5,30)14-16;1-2/h9-10,13,16-17,19,22,28,30H,6-8,11-12,14-15H2,1-5H3,(H,27,29);1-2H3. The minimum absolute atomic E-state index is 0.0220. The van der Waals surface area contributed by atoms with E-state index in [1.165, 1.54) is 18.0 Å². The second-order valence-corrected chi connectivity index (χ2v) is 11.3. The molecule has 1 amide bonds. The van der Waals surface area contributed by atoms with Gasteiger partial charge in [0.25, 0.3) is 0 Å². The maximum Gasteiger partial charge on any atom is 0.240 e. The van der Waals surface area contributed by atoms with E-state index in [4.69, 9.17) is 0 Å². The van der Waals surface area contributed by atoms with Crippen molar-refractivity contribution in [3.8, 4) is 0 Å². The lowest BCUT2D eigenvalue weighted by molar-refractivity contribution is -0.129. The number of amides is 1. The first-order valence-corrected chi connectivity index (χ1v) is 13.6. The van der Waals surface area contributed by atoms with Crippen molar-refractivity contribution in [1.82, 2.24) is 10.0 Å². The average Bonchev–Trinajstić information content (AvgIpc) is 2.75. The van der Waals surface area contributed by atoms with E-state index in [1.54, 1.807) is 12.1 Å². The molecule has 5 atom stereocenters. The Bertz CT molecular complexity index is 783. The van der Waals surface area contributed by atoms with Crippen LogP contribution in [0.2, 0.25) is 0 Å². The van der Waals surface area contributed by atoms with E-state index in [0.29, 0.717) is 17.8 Å². The summed E-state index contributed by atoms with van der Waals surface area (Å²) in [4.78, 5) is 14.3.